The van der Waals surface area contributed by atoms with Crippen molar-refractivity contribution in [2.24, 2.45) is 5.73 Å². The van der Waals surface area contributed by atoms with Crippen LogP contribution in [0.2, 0.25) is 0 Å². The Bertz CT molecular complexity index is 538. The molecule has 0 saturated carbocycles. The van der Waals surface area contributed by atoms with Crippen LogP contribution in [0.25, 0.3) is 0 Å². The maximum atomic E-state index is 9.49. The van der Waals surface area contributed by atoms with Crippen LogP contribution in [-0.4, -0.2) is 21.8 Å². The van der Waals surface area contributed by atoms with Gasteiger partial charge in [0.1, 0.15) is 6.10 Å². The van der Waals surface area contributed by atoms with Crippen molar-refractivity contribution < 1.29 is 9.63 Å². The largest absolute Gasteiger partial charge is 0.382 e. The molecule has 2 atom stereocenters. The minimum Gasteiger partial charge on any atom is -0.382 e. The topological polar surface area (TPSA) is 85.2 Å². The van der Waals surface area contributed by atoms with Crippen molar-refractivity contribution in [3.63, 3.8) is 0 Å². The third-order valence-corrected chi connectivity index (χ3v) is 3.13. The van der Waals surface area contributed by atoms with Gasteiger partial charge in [0.15, 0.2) is 5.82 Å². The predicted molar refractivity (Wildman–Crippen MR) is 60.3 cm³/mol. The van der Waals surface area contributed by atoms with Crippen molar-refractivity contribution in [3.05, 3.63) is 47.1 Å². The van der Waals surface area contributed by atoms with Crippen LogP contribution < -0.4 is 5.73 Å². The van der Waals surface area contributed by atoms with E-state index in [1.807, 2.05) is 12.1 Å². The summed E-state index contributed by atoms with van der Waals surface area (Å²) in [5, 5.41) is 13.4. The molecule has 1 unspecified atom stereocenters. The van der Waals surface area contributed by atoms with E-state index in [0.29, 0.717) is 5.82 Å². The lowest BCUT2D eigenvalue weighted by atomic mass is 9.77. The Morgan fingerprint density at radius 2 is 2.29 bits per heavy atom. The standard InChI is InChI=1S/C12H13N3O2/c13-6-10(16)12-14-11(15-17-12)9-5-7-3-1-2-4-8(7)9/h1-4,9-10,16H,5-6,13H2/t9?,10-/m0/s1. The number of aliphatic hydroxyl groups is 1. The summed E-state index contributed by atoms with van der Waals surface area (Å²) in [6, 6.07) is 8.19. The second kappa shape index (κ2) is 3.94. The number of nitrogens with two attached hydrogens (primary N) is 1. The molecule has 0 bridgehead atoms. The van der Waals surface area contributed by atoms with E-state index in [0.717, 1.165) is 6.42 Å². The molecule has 0 saturated heterocycles. The molecule has 1 aromatic carbocycles. The molecule has 3 N–H and O–H groups in total. The molecule has 0 radical (unpaired) electrons. The molecule has 0 aliphatic heterocycles. The molecule has 0 spiro atoms. The number of nitrogens with zero attached hydrogens (tertiary/aromatic N) is 2. The molecule has 3 rings (SSSR count). The lowest BCUT2D eigenvalue weighted by molar-refractivity contribution is 0.141. The lowest BCUT2D eigenvalue weighted by Gasteiger charge is -2.27. The molecule has 88 valence electrons. The number of hydrogen-bond acceptors (Lipinski definition) is 5. The Labute approximate surface area is 98.3 Å². The second-order valence-corrected chi connectivity index (χ2v) is 4.20. The van der Waals surface area contributed by atoms with Gasteiger partial charge in [0.05, 0.1) is 5.92 Å². The van der Waals surface area contributed by atoms with Gasteiger partial charge in [-0.05, 0) is 17.5 Å². The number of hydrogen-bond donors (Lipinski definition) is 2. The summed E-state index contributed by atoms with van der Waals surface area (Å²) < 4.78 is 5.00. The van der Waals surface area contributed by atoms with E-state index in [1.54, 1.807) is 0 Å². The van der Waals surface area contributed by atoms with Gasteiger partial charge in [-0.2, -0.15) is 4.98 Å². The van der Waals surface area contributed by atoms with Gasteiger partial charge in [0, 0.05) is 6.54 Å². The highest BCUT2D eigenvalue weighted by Crippen LogP contribution is 2.38. The van der Waals surface area contributed by atoms with Crippen LogP contribution in [0.15, 0.2) is 28.8 Å². The van der Waals surface area contributed by atoms with E-state index in [-0.39, 0.29) is 18.4 Å². The molecule has 5 heteroatoms. The van der Waals surface area contributed by atoms with Crippen molar-refractivity contribution in [1.29, 1.82) is 0 Å². The summed E-state index contributed by atoms with van der Waals surface area (Å²) >= 11 is 0. The van der Waals surface area contributed by atoms with Gasteiger partial charge in [-0.1, -0.05) is 29.4 Å². The van der Waals surface area contributed by atoms with Crippen LogP contribution >= 0.6 is 0 Å². The molecule has 1 aliphatic carbocycles. The van der Waals surface area contributed by atoms with Gasteiger partial charge in [-0.3, -0.25) is 0 Å². The highest BCUT2D eigenvalue weighted by molar-refractivity contribution is 5.43. The zero-order valence-electron chi connectivity index (χ0n) is 9.21. The number of benzene rings is 1. The van der Waals surface area contributed by atoms with E-state index in [9.17, 15) is 5.11 Å². The zero-order valence-corrected chi connectivity index (χ0v) is 9.21. The van der Waals surface area contributed by atoms with Gasteiger partial charge in [0.25, 0.3) is 5.89 Å². The first-order valence-corrected chi connectivity index (χ1v) is 5.59. The summed E-state index contributed by atoms with van der Waals surface area (Å²) in [7, 11) is 0. The molecular weight excluding hydrogens is 218 g/mol. The lowest BCUT2D eigenvalue weighted by Crippen LogP contribution is -2.19. The number of aliphatic hydroxyl groups excluding tert-OH is 1. The van der Waals surface area contributed by atoms with Crippen molar-refractivity contribution in [3.8, 4) is 0 Å². The van der Waals surface area contributed by atoms with Crippen LogP contribution in [0.4, 0.5) is 0 Å². The van der Waals surface area contributed by atoms with E-state index in [2.05, 4.69) is 22.3 Å². The van der Waals surface area contributed by atoms with Gasteiger partial charge in [-0.25, -0.2) is 0 Å². The Balaban J connectivity index is 1.86. The minimum atomic E-state index is -0.869. The normalized spacial score (nSPS) is 19.5. The van der Waals surface area contributed by atoms with Crippen molar-refractivity contribution in [1.82, 2.24) is 10.1 Å². The van der Waals surface area contributed by atoms with Gasteiger partial charge < -0.3 is 15.4 Å². The Morgan fingerprint density at radius 3 is 3.06 bits per heavy atom. The smallest absolute Gasteiger partial charge is 0.256 e. The maximum absolute atomic E-state index is 9.49. The maximum Gasteiger partial charge on any atom is 0.256 e. The second-order valence-electron chi connectivity index (χ2n) is 4.20. The summed E-state index contributed by atoms with van der Waals surface area (Å²) in [5.41, 5.74) is 7.90. The Morgan fingerprint density at radius 1 is 1.47 bits per heavy atom. The monoisotopic (exact) mass is 231 g/mol. The number of fused-ring (bicyclic) bond motifs is 1. The van der Waals surface area contributed by atoms with Crippen LogP contribution in [0.1, 0.15) is 34.9 Å². The molecule has 1 aliphatic rings. The summed E-state index contributed by atoms with van der Waals surface area (Å²) in [6.45, 7) is 0.0862. The highest BCUT2D eigenvalue weighted by Gasteiger charge is 2.31. The van der Waals surface area contributed by atoms with E-state index in [1.165, 1.54) is 11.1 Å². The predicted octanol–water partition coefficient (Wildman–Crippen LogP) is 0.750. The van der Waals surface area contributed by atoms with Crippen LogP contribution in [0.5, 0.6) is 0 Å². The quantitative estimate of drug-likeness (QED) is 0.814. The molecule has 1 aromatic heterocycles. The SMILES string of the molecule is NC[C@H](O)c1nc(C2Cc3ccccc32)no1. The van der Waals surface area contributed by atoms with Crippen LogP contribution in [-0.2, 0) is 6.42 Å². The van der Waals surface area contributed by atoms with E-state index in [4.69, 9.17) is 10.3 Å². The highest BCUT2D eigenvalue weighted by atomic mass is 16.5. The average molecular weight is 231 g/mol. The molecule has 2 aromatic rings. The first-order chi connectivity index (χ1) is 8.29. The number of aromatic nitrogens is 2. The first-order valence-electron chi connectivity index (χ1n) is 5.59. The van der Waals surface area contributed by atoms with E-state index < -0.39 is 6.10 Å². The number of rotatable bonds is 3. The molecule has 17 heavy (non-hydrogen) atoms. The van der Waals surface area contributed by atoms with E-state index >= 15 is 0 Å². The van der Waals surface area contributed by atoms with Crippen molar-refractivity contribution in [2.75, 3.05) is 6.54 Å². The fourth-order valence-corrected chi connectivity index (χ4v) is 2.11. The molecule has 0 amide bonds. The third kappa shape index (κ3) is 1.64. The van der Waals surface area contributed by atoms with Crippen LogP contribution in [0.3, 0.4) is 0 Å². The van der Waals surface area contributed by atoms with Gasteiger partial charge in [0.2, 0.25) is 0 Å². The molecule has 0 fully saturated rings. The zero-order chi connectivity index (χ0) is 11.8. The molecule has 1 heterocycles. The summed E-state index contributed by atoms with van der Waals surface area (Å²) in [4.78, 5) is 4.19. The first kappa shape index (κ1) is 10.4. The van der Waals surface area contributed by atoms with Crippen LogP contribution in [0, 0.1) is 0 Å². The fraction of sp³-hybridized carbons (Fsp3) is 0.333. The van der Waals surface area contributed by atoms with Crippen molar-refractivity contribution >= 4 is 0 Å². The third-order valence-electron chi connectivity index (χ3n) is 3.13. The summed E-state index contributed by atoms with van der Waals surface area (Å²) in [5.74, 6) is 1.02. The Kier molecular flexibility index (Phi) is 2.42. The summed E-state index contributed by atoms with van der Waals surface area (Å²) in [6.07, 6.45) is 0.0556. The van der Waals surface area contributed by atoms with Gasteiger partial charge >= 0.3 is 0 Å². The van der Waals surface area contributed by atoms with Gasteiger partial charge in [-0.15, -0.1) is 0 Å². The molecule has 5 nitrogen and oxygen atoms in total. The fourth-order valence-electron chi connectivity index (χ4n) is 2.11. The average Bonchev–Trinajstić information content (AvgIpc) is 2.79. The Hall–Kier alpha value is -1.72. The minimum absolute atomic E-state index is 0.0862. The van der Waals surface area contributed by atoms with Crippen molar-refractivity contribution in [2.45, 2.75) is 18.4 Å². The molecular formula is C12H13N3O2.